The van der Waals surface area contributed by atoms with Gasteiger partial charge in [-0.15, -0.1) is 6.58 Å². The predicted molar refractivity (Wildman–Crippen MR) is 88.4 cm³/mol. The van der Waals surface area contributed by atoms with Gasteiger partial charge in [-0.1, -0.05) is 25.3 Å². The summed E-state index contributed by atoms with van der Waals surface area (Å²) < 4.78 is 0. The van der Waals surface area contributed by atoms with E-state index < -0.39 is 0 Å². The average molecular weight is 292 g/mol. The van der Waals surface area contributed by atoms with Crippen LogP contribution >= 0.6 is 0 Å². The van der Waals surface area contributed by atoms with Crippen molar-refractivity contribution in [2.75, 3.05) is 0 Å². The van der Waals surface area contributed by atoms with Crippen LogP contribution in [-0.2, 0) is 0 Å². The number of hydrogen-bond donors (Lipinski definition) is 0. The molecule has 2 aliphatic rings. The van der Waals surface area contributed by atoms with Crippen molar-refractivity contribution in [2.45, 2.75) is 96.3 Å². The first-order valence-electron chi connectivity index (χ1n) is 8.33. The molecule has 3 nitrogen and oxygen atoms in total. The van der Waals surface area contributed by atoms with Gasteiger partial charge in [0.25, 0.3) is 0 Å². The van der Waals surface area contributed by atoms with E-state index >= 15 is 0 Å². The van der Waals surface area contributed by atoms with E-state index in [4.69, 9.17) is 0 Å². The van der Waals surface area contributed by atoms with Gasteiger partial charge in [-0.05, 0) is 54.4 Å². The lowest BCUT2D eigenvalue weighted by Gasteiger charge is -2.45. The minimum Gasteiger partial charge on any atom is -0.314 e. The van der Waals surface area contributed by atoms with Crippen LogP contribution in [0.3, 0.4) is 0 Å². The number of carbonyl (C=O) groups is 1. The fourth-order valence-corrected chi connectivity index (χ4v) is 4.37. The van der Waals surface area contributed by atoms with Crippen LogP contribution in [0.2, 0.25) is 0 Å². The summed E-state index contributed by atoms with van der Waals surface area (Å²) in [6.45, 7) is 17.0. The molecule has 1 heterocycles. The molecular weight excluding hydrogens is 260 g/mol. The molecule has 2 rings (SSSR count). The summed E-state index contributed by atoms with van der Waals surface area (Å²) in [5.74, 6) is 0. The van der Waals surface area contributed by atoms with Crippen molar-refractivity contribution >= 4 is 6.03 Å². The average Bonchev–Trinajstić information content (AvgIpc) is 2.43. The first kappa shape index (κ1) is 16.4. The molecule has 0 unspecified atom stereocenters. The second kappa shape index (κ2) is 5.03. The zero-order chi connectivity index (χ0) is 16.1. The van der Waals surface area contributed by atoms with E-state index in [1.54, 1.807) is 0 Å². The minimum atomic E-state index is -0.209. The van der Waals surface area contributed by atoms with E-state index in [0.29, 0.717) is 0 Å². The monoisotopic (exact) mass is 292 g/mol. The Bertz CT molecular complexity index is 429. The molecule has 0 aromatic rings. The van der Waals surface area contributed by atoms with Gasteiger partial charge in [-0.2, -0.15) is 0 Å². The Labute approximate surface area is 130 Å². The third-order valence-corrected chi connectivity index (χ3v) is 5.00. The van der Waals surface area contributed by atoms with Gasteiger partial charge in [0.2, 0.25) is 0 Å². The molecule has 0 radical (unpaired) electrons. The van der Waals surface area contributed by atoms with Crippen molar-refractivity contribution in [3.8, 4) is 0 Å². The zero-order valence-corrected chi connectivity index (χ0v) is 14.7. The number of carbonyl (C=O) groups excluding carboxylic acids is 1. The Hall–Kier alpha value is -0.990. The van der Waals surface area contributed by atoms with Crippen molar-refractivity contribution in [1.29, 1.82) is 0 Å². The third-order valence-electron chi connectivity index (χ3n) is 5.00. The van der Waals surface area contributed by atoms with Crippen molar-refractivity contribution in [2.24, 2.45) is 0 Å². The van der Waals surface area contributed by atoms with Crippen molar-refractivity contribution in [3.05, 3.63) is 12.7 Å². The molecule has 1 aliphatic heterocycles. The molecule has 0 aromatic heterocycles. The second-order valence-electron chi connectivity index (χ2n) is 8.64. The summed E-state index contributed by atoms with van der Waals surface area (Å²) in [5, 5.41) is 0. The van der Waals surface area contributed by atoms with Gasteiger partial charge < -0.3 is 9.80 Å². The normalized spacial score (nSPS) is 31.1. The summed E-state index contributed by atoms with van der Waals surface area (Å²) in [6, 6.07) is 0.436. The Morgan fingerprint density at radius 3 is 2.19 bits per heavy atom. The highest BCUT2D eigenvalue weighted by Crippen LogP contribution is 2.48. The maximum absolute atomic E-state index is 13.2. The largest absolute Gasteiger partial charge is 0.322 e. The minimum absolute atomic E-state index is 0.152. The molecule has 1 saturated carbocycles. The van der Waals surface area contributed by atoms with Gasteiger partial charge in [-0.3, -0.25) is 0 Å². The molecule has 2 atom stereocenters. The number of amides is 2. The maximum atomic E-state index is 13.2. The number of nitrogens with zero attached hydrogens (tertiary/aromatic N) is 2. The maximum Gasteiger partial charge on any atom is 0.322 e. The van der Waals surface area contributed by atoms with E-state index in [1.165, 1.54) is 19.3 Å². The number of fused-ring (bicyclic) bond motifs is 1. The summed E-state index contributed by atoms with van der Waals surface area (Å²) >= 11 is 0. The van der Waals surface area contributed by atoms with Crippen molar-refractivity contribution in [3.63, 3.8) is 0 Å². The van der Waals surface area contributed by atoms with E-state index in [1.807, 2.05) is 0 Å². The van der Waals surface area contributed by atoms with Crippen LogP contribution in [0.1, 0.15) is 73.6 Å². The Morgan fingerprint density at radius 1 is 1.10 bits per heavy atom. The summed E-state index contributed by atoms with van der Waals surface area (Å²) in [4.78, 5) is 17.5. The Balaban J connectivity index is 2.60. The molecule has 1 saturated heterocycles. The van der Waals surface area contributed by atoms with E-state index in [9.17, 15) is 4.79 Å². The molecule has 2 amide bonds. The van der Waals surface area contributed by atoms with Gasteiger partial charge in [-0.25, -0.2) is 4.79 Å². The smallest absolute Gasteiger partial charge is 0.314 e. The van der Waals surface area contributed by atoms with E-state index in [2.05, 4.69) is 64.0 Å². The number of rotatable bonds is 1. The fraction of sp³-hybridized carbons (Fsp3) is 0.833. The molecule has 0 spiro atoms. The zero-order valence-electron chi connectivity index (χ0n) is 14.7. The molecule has 2 fully saturated rings. The van der Waals surface area contributed by atoms with Gasteiger partial charge in [0.05, 0.1) is 11.6 Å². The van der Waals surface area contributed by atoms with Crippen molar-refractivity contribution < 1.29 is 4.79 Å². The van der Waals surface area contributed by atoms with Gasteiger partial charge in [0.1, 0.15) is 0 Å². The van der Waals surface area contributed by atoms with Crippen LogP contribution < -0.4 is 0 Å². The van der Waals surface area contributed by atoms with Crippen LogP contribution in [0.4, 0.5) is 4.79 Å². The molecule has 21 heavy (non-hydrogen) atoms. The van der Waals surface area contributed by atoms with E-state index in [-0.39, 0.29) is 28.7 Å². The quantitative estimate of drug-likeness (QED) is 0.649. The molecular formula is C18H32N2O. The summed E-state index contributed by atoms with van der Waals surface area (Å²) in [5.41, 5.74) is -0.548. The summed E-state index contributed by atoms with van der Waals surface area (Å²) in [7, 11) is 0. The molecule has 0 aromatic carbocycles. The van der Waals surface area contributed by atoms with Gasteiger partial charge in [0.15, 0.2) is 0 Å². The lowest BCUT2D eigenvalue weighted by atomic mass is 9.81. The van der Waals surface area contributed by atoms with Crippen LogP contribution in [0, 0.1) is 0 Å². The second-order valence-corrected chi connectivity index (χ2v) is 8.64. The molecule has 0 N–H and O–H groups in total. The lowest BCUT2D eigenvalue weighted by Crippen LogP contribution is -2.57. The third kappa shape index (κ3) is 2.49. The summed E-state index contributed by atoms with van der Waals surface area (Å²) in [6.07, 6.45) is 7.84. The molecule has 120 valence electrons. The Morgan fingerprint density at radius 2 is 1.71 bits per heavy atom. The molecule has 3 heteroatoms. The van der Waals surface area contributed by atoms with Crippen LogP contribution in [0.25, 0.3) is 0 Å². The first-order chi connectivity index (χ1) is 9.55. The van der Waals surface area contributed by atoms with Crippen molar-refractivity contribution in [1.82, 2.24) is 9.80 Å². The number of hydrogen-bond acceptors (Lipinski definition) is 1. The SMILES string of the molecule is C=C[C@@]12CCCCC[C@@H]1N(C(C)(C)C)C(=O)N2C(C)(C)C. The predicted octanol–water partition coefficient (Wildman–Crippen LogP) is 4.58. The lowest BCUT2D eigenvalue weighted by molar-refractivity contribution is 0.0861. The van der Waals surface area contributed by atoms with Gasteiger partial charge >= 0.3 is 6.03 Å². The van der Waals surface area contributed by atoms with Crippen LogP contribution in [0.5, 0.6) is 0 Å². The molecule has 0 bridgehead atoms. The highest BCUT2D eigenvalue weighted by atomic mass is 16.2. The highest BCUT2D eigenvalue weighted by molar-refractivity contribution is 5.81. The standard InChI is InChI=1S/C18H32N2O/c1-8-18-13-11-9-10-12-14(18)19(16(2,3)4)15(21)20(18)17(5,6)7/h8,14H,1,9-13H2,2-7H3/t14-,18+/m0/s1. The molecule has 1 aliphatic carbocycles. The Kier molecular flexibility index (Phi) is 3.92. The van der Waals surface area contributed by atoms with Crippen LogP contribution in [-0.4, -0.2) is 38.5 Å². The number of urea groups is 1. The van der Waals surface area contributed by atoms with E-state index in [0.717, 1.165) is 12.8 Å². The first-order valence-corrected chi connectivity index (χ1v) is 8.33. The highest BCUT2D eigenvalue weighted by Gasteiger charge is 2.60. The van der Waals surface area contributed by atoms with Crippen LogP contribution in [0.15, 0.2) is 12.7 Å². The van der Waals surface area contributed by atoms with Gasteiger partial charge in [0, 0.05) is 11.1 Å². The fourth-order valence-electron chi connectivity index (χ4n) is 4.37. The topological polar surface area (TPSA) is 23.6 Å².